The van der Waals surface area contributed by atoms with Gasteiger partial charge in [0.2, 0.25) is 0 Å². The predicted molar refractivity (Wildman–Crippen MR) is 88.9 cm³/mol. The lowest BCUT2D eigenvalue weighted by atomic mass is 10.0. The van der Waals surface area contributed by atoms with Gasteiger partial charge in [0.25, 0.3) is 5.91 Å². The third-order valence-corrected chi connectivity index (χ3v) is 4.14. The van der Waals surface area contributed by atoms with Crippen molar-refractivity contribution >= 4 is 11.6 Å². The summed E-state index contributed by atoms with van der Waals surface area (Å²) in [5, 5.41) is 7.16. The molecule has 1 atom stereocenters. The van der Waals surface area contributed by atoms with E-state index in [1.165, 1.54) is 0 Å². The van der Waals surface area contributed by atoms with Crippen LogP contribution >= 0.6 is 0 Å². The number of carbonyl (C=O) groups is 1. The topological polar surface area (TPSA) is 59.4 Å². The van der Waals surface area contributed by atoms with Crippen LogP contribution in [0, 0.1) is 0 Å². The van der Waals surface area contributed by atoms with Gasteiger partial charge in [0.15, 0.2) is 0 Å². The molecule has 122 valence electrons. The van der Waals surface area contributed by atoms with Crippen LogP contribution in [0.1, 0.15) is 23.2 Å². The van der Waals surface area contributed by atoms with E-state index in [0.717, 1.165) is 37.4 Å². The Morgan fingerprint density at radius 1 is 1.43 bits per heavy atom. The lowest BCUT2D eigenvalue weighted by Crippen LogP contribution is -2.47. The lowest BCUT2D eigenvalue weighted by Gasteiger charge is -2.34. The van der Waals surface area contributed by atoms with Gasteiger partial charge in [-0.25, -0.2) is 0 Å². The van der Waals surface area contributed by atoms with E-state index in [0.29, 0.717) is 5.56 Å². The van der Waals surface area contributed by atoms with Gasteiger partial charge >= 0.3 is 0 Å². The molecule has 6 heteroatoms. The van der Waals surface area contributed by atoms with Gasteiger partial charge < -0.3 is 15.0 Å². The van der Waals surface area contributed by atoms with Crippen molar-refractivity contribution in [1.82, 2.24) is 15.1 Å². The number of carbonyl (C=O) groups excluding carboxylic acids is 1. The Kier molecular flexibility index (Phi) is 4.50. The summed E-state index contributed by atoms with van der Waals surface area (Å²) < 4.78 is 6.93. The minimum atomic E-state index is -0.0596. The summed E-state index contributed by atoms with van der Waals surface area (Å²) in [5.41, 5.74) is 1.73. The molecule has 3 rings (SSSR count). The molecule has 2 heterocycles. The number of rotatable bonds is 4. The molecular formula is C17H22N4O2. The zero-order chi connectivity index (χ0) is 16.2. The van der Waals surface area contributed by atoms with Crippen molar-refractivity contribution in [2.75, 3.05) is 25.1 Å². The largest absolute Gasteiger partial charge is 0.497 e. The number of anilines is 1. The van der Waals surface area contributed by atoms with Crippen LogP contribution in [0.2, 0.25) is 0 Å². The molecule has 1 saturated heterocycles. The van der Waals surface area contributed by atoms with Crippen molar-refractivity contribution in [2.45, 2.75) is 18.9 Å². The molecule has 1 aliphatic rings. The molecule has 2 aromatic rings. The predicted octanol–water partition coefficient (Wildman–Crippen LogP) is 1.83. The summed E-state index contributed by atoms with van der Waals surface area (Å²) in [4.78, 5) is 14.6. The number of methoxy groups -OCH3 is 1. The van der Waals surface area contributed by atoms with Crippen LogP contribution in [0.5, 0.6) is 5.75 Å². The first-order valence-corrected chi connectivity index (χ1v) is 7.84. The van der Waals surface area contributed by atoms with E-state index in [1.54, 1.807) is 24.2 Å². The Labute approximate surface area is 136 Å². The highest BCUT2D eigenvalue weighted by Gasteiger charge is 2.22. The SMILES string of the molecule is COc1cccc(N2CCC[C@H](NC(=O)c3cnn(C)c3)C2)c1. The van der Waals surface area contributed by atoms with Crippen molar-refractivity contribution in [3.05, 3.63) is 42.2 Å². The first-order chi connectivity index (χ1) is 11.2. The van der Waals surface area contributed by atoms with Crippen molar-refractivity contribution < 1.29 is 9.53 Å². The molecule has 1 amide bonds. The third-order valence-electron chi connectivity index (χ3n) is 4.14. The molecule has 0 saturated carbocycles. The number of aromatic nitrogens is 2. The summed E-state index contributed by atoms with van der Waals surface area (Å²) >= 11 is 0. The minimum absolute atomic E-state index is 0.0596. The van der Waals surface area contributed by atoms with Crippen LogP contribution in [-0.2, 0) is 7.05 Å². The molecule has 6 nitrogen and oxygen atoms in total. The molecule has 1 fully saturated rings. The van der Waals surface area contributed by atoms with E-state index in [2.05, 4.69) is 21.4 Å². The quantitative estimate of drug-likeness (QED) is 0.935. The molecule has 1 aliphatic heterocycles. The van der Waals surface area contributed by atoms with Gasteiger partial charge in [-0.2, -0.15) is 5.10 Å². The molecule has 0 aliphatic carbocycles. The van der Waals surface area contributed by atoms with E-state index >= 15 is 0 Å². The maximum atomic E-state index is 12.3. The van der Waals surface area contributed by atoms with Crippen LogP contribution in [0.15, 0.2) is 36.7 Å². The van der Waals surface area contributed by atoms with Crippen LogP contribution in [0.4, 0.5) is 5.69 Å². The van der Waals surface area contributed by atoms with Crippen LogP contribution < -0.4 is 15.0 Å². The van der Waals surface area contributed by atoms with E-state index in [-0.39, 0.29) is 11.9 Å². The van der Waals surface area contributed by atoms with E-state index in [1.807, 2.05) is 25.2 Å². The maximum absolute atomic E-state index is 12.3. The van der Waals surface area contributed by atoms with Gasteiger partial charge in [0.1, 0.15) is 5.75 Å². The van der Waals surface area contributed by atoms with Gasteiger partial charge in [0, 0.05) is 44.1 Å². The number of ether oxygens (including phenoxy) is 1. The smallest absolute Gasteiger partial charge is 0.254 e. The lowest BCUT2D eigenvalue weighted by molar-refractivity contribution is 0.0933. The zero-order valence-corrected chi connectivity index (χ0v) is 13.5. The molecule has 0 unspecified atom stereocenters. The first-order valence-electron chi connectivity index (χ1n) is 7.84. The fraction of sp³-hybridized carbons (Fsp3) is 0.412. The summed E-state index contributed by atoms with van der Waals surface area (Å²) in [6.45, 7) is 1.80. The van der Waals surface area contributed by atoms with Crippen molar-refractivity contribution in [3.8, 4) is 5.75 Å². The Morgan fingerprint density at radius 3 is 3.04 bits per heavy atom. The number of nitrogens with one attached hydrogen (secondary N) is 1. The van der Waals surface area contributed by atoms with Gasteiger partial charge in [-0.05, 0) is 25.0 Å². The van der Waals surface area contributed by atoms with Crippen LogP contribution in [-0.4, -0.2) is 41.9 Å². The van der Waals surface area contributed by atoms with Crippen LogP contribution in [0.3, 0.4) is 0 Å². The molecule has 0 radical (unpaired) electrons. The third kappa shape index (κ3) is 3.64. The minimum Gasteiger partial charge on any atom is -0.497 e. The number of hydrogen-bond acceptors (Lipinski definition) is 4. The van der Waals surface area contributed by atoms with E-state index < -0.39 is 0 Å². The van der Waals surface area contributed by atoms with E-state index in [4.69, 9.17) is 4.74 Å². The maximum Gasteiger partial charge on any atom is 0.254 e. The number of nitrogens with zero attached hydrogens (tertiary/aromatic N) is 3. The van der Waals surface area contributed by atoms with Crippen molar-refractivity contribution in [2.24, 2.45) is 7.05 Å². The average molecular weight is 314 g/mol. The zero-order valence-electron chi connectivity index (χ0n) is 13.5. The van der Waals surface area contributed by atoms with Crippen molar-refractivity contribution in [1.29, 1.82) is 0 Å². The second-order valence-electron chi connectivity index (χ2n) is 5.86. The number of piperidine rings is 1. The molecular weight excluding hydrogens is 292 g/mol. The monoisotopic (exact) mass is 314 g/mol. The number of amides is 1. The average Bonchev–Trinajstić information content (AvgIpc) is 3.02. The van der Waals surface area contributed by atoms with Gasteiger partial charge in [-0.1, -0.05) is 6.07 Å². The molecule has 0 bridgehead atoms. The highest BCUT2D eigenvalue weighted by Crippen LogP contribution is 2.24. The van der Waals surface area contributed by atoms with Gasteiger partial charge in [0.05, 0.1) is 18.9 Å². The Morgan fingerprint density at radius 2 is 2.30 bits per heavy atom. The number of benzene rings is 1. The number of hydrogen-bond donors (Lipinski definition) is 1. The first kappa shape index (κ1) is 15.4. The van der Waals surface area contributed by atoms with Gasteiger partial charge in [-0.3, -0.25) is 9.48 Å². The molecule has 0 spiro atoms. The Balaban J connectivity index is 1.64. The van der Waals surface area contributed by atoms with E-state index in [9.17, 15) is 4.79 Å². The highest BCUT2D eigenvalue weighted by molar-refractivity contribution is 5.93. The Bertz CT molecular complexity index is 683. The molecule has 1 aromatic carbocycles. The molecule has 23 heavy (non-hydrogen) atoms. The molecule has 1 aromatic heterocycles. The normalized spacial score (nSPS) is 17.8. The van der Waals surface area contributed by atoms with Crippen molar-refractivity contribution in [3.63, 3.8) is 0 Å². The van der Waals surface area contributed by atoms with Gasteiger partial charge in [-0.15, -0.1) is 0 Å². The highest BCUT2D eigenvalue weighted by atomic mass is 16.5. The summed E-state index contributed by atoms with van der Waals surface area (Å²) in [7, 11) is 3.48. The number of aryl methyl sites for hydroxylation is 1. The second kappa shape index (κ2) is 6.73. The standard InChI is InChI=1S/C17H22N4O2/c1-20-11-13(10-18-20)17(22)19-14-5-4-8-21(12-14)15-6-3-7-16(9-15)23-2/h3,6-7,9-11,14H,4-5,8,12H2,1-2H3,(H,19,22)/t14-/m0/s1. The fourth-order valence-corrected chi connectivity index (χ4v) is 2.94. The molecule has 1 N–H and O–H groups in total. The summed E-state index contributed by atoms with van der Waals surface area (Å²) in [6.07, 6.45) is 5.37. The summed E-state index contributed by atoms with van der Waals surface area (Å²) in [5.74, 6) is 0.791. The summed E-state index contributed by atoms with van der Waals surface area (Å²) in [6, 6.07) is 8.18. The fourth-order valence-electron chi connectivity index (χ4n) is 2.94. The Hall–Kier alpha value is -2.50. The van der Waals surface area contributed by atoms with Crippen LogP contribution in [0.25, 0.3) is 0 Å². The second-order valence-corrected chi connectivity index (χ2v) is 5.86.